The Morgan fingerprint density at radius 1 is 0.784 bits per heavy atom. The van der Waals surface area contributed by atoms with Crippen molar-refractivity contribution in [3.63, 3.8) is 0 Å². The summed E-state index contributed by atoms with van der Waals surface area (Å²) in [5, 5.41) is 3.42. The Hall–Kier alpha value is -2.23. The second-order valence-corrected chi connectivity index (χ2v) is 8.73. The van der Waals surface area contributed by atoms with E-state index in [0.717, 1.165) is 58.3 Å². The van der Waals surface area contributed by atoms with Gasteiger partial charge in [0.05, 0.1) is 35.3 Å². The molecule has 3 heterocycles. The number of nitrogens with zero attached hydrogens (tertiary/aromatic N) is 4. The van der Waals surface area contributed by atoms with Gasteiger partial charge >= 0.3 is 39.0 Å². The maximum absolute atomic E-state index is 6.08. The summed E-state index contributed by atoms with van der Waals surface area (Å²) in [6.45, 7) is 1.28. The van der Waals surface area contributed by atoms with Gasteiger partial charge in [0.15, 0.2) is 0 Å². The minimum Gasteiger partial charge on any atom is -0.362 e. The first-order valence-electron chi connectivity index (χ1n) is 11.5. The molecule has 8 heteroatoms. The molecule has 4 aromatic rings. The van der Waals surface area contributed by atoms with Crippen LogP contribution in [-0.2, 0) is 50.2 Å². The van der Waals surface area contributed by atoms with Crippen molar-refractivity contribution in [1.82, 2.24) is 25.3 Å². The van der Waals surface area contributed by atoms with Crippen molar-refractivity contribution in [1.29, 1.82) is 0 Å². The minimum absolute atomic E-state index is 0. The van der Waals surface area contributed by atoms with Crippen LogP contribution in [0.15, 0.2) is 79.1 Å². The van der Waals surface area contributed by atoms with E-state index in [1.54, 1.807) is 12.4 Å². The van der Waals surface area contributed by atoms with Crippen LogP contribution < -0.4 is 5.32 Å². The minimum atomic E-state index is 0. The zero-order chi connectivity index (χ0) is 22.0. The average Bonchev–Trinajstić information content (AvgIpc) is 3.50. The molecule has 3 unspecified atom stereocenters. The second-order valence-electron chi connectivity index (χ2n) is 8.73. The van der Waals surface area contributed by atoms with Crippen molar-refractivity contribution in [2.24, 2.45) is 11.8 Å². The van der Waals surface area contributed by atoms with Gasteiger partial charge in [-0.1, -0.05) is 30.4 Å². The summed E-state index contributed by atoms with van der Waals surface area (Å²) in [5.41, 5.74) is 5.86. The molecule has 1 saturated carbocycles. The van der Waals surface area contributed by atoms with Crippen molar-refractivity contribution in [3.8, 4) is 22.8 Å². The maximum atomic E-state index is 6.08. The van der Waals surface area contributed by atoms with Crippen LogP contribution in [0.4, 0.5) is 0 Å². The van der Waals surface area contributed by atoms with Crippen molar-refractivity contribution in [2.45, 2.75) is 25.5 Å². The molecule has 0 saturated heterocycles. The molecule has 3 aromatic heterocycles. The molecule has 0 spiro atoms. The van der Waals surface area contributed by atoms with Crippen molar-refractivity contribution in [2.75, 3.05) is 6.73 Å². The Labute approximate surface area is 245 Å². The van der Waals surface area contributed by atoms with Crippen LogP contribution in [0.5, 0.6) is 0 Å². The van der Waals surface area contributed by atoms with E-state index < -0.39 is 0 Å². The molecule has 0 amide bonds. The molecule has 2 radical (unpaired) electrons. The Kier molecular flexibility index (Phi) is 11.8. The van der Waals surface area contributed by atoms with E-state index in [1.807, 2.05) is 42.5 Å². The monoisotopic (exact) mass is 669 g/mol. The van der Waals surface area contributed by atoms with E-state index in [0.29, 0.717) is 18.8 Å². The number of hydrogen-bond acceptors (Lipinski definition) is 6. The number of benzene rings is 1. The first-order chi connectivity index (χ1) is 16.3. The van der Waals surface area contributed by atoms with E-state index in [2.05, 4.69) is 39.6 Å². The van der Waals surface area contributed by atoms with Crippen LogP contribution in [0, 0.1) is 26.7 Å². The number of rotatable bonds is 7. The number of aromatic nitrogens is 4. The maximum Gasteiger partial charge on any atom is 1.00 e. The van der Waals surface area contributed by atoms with E-state index in [-0.39, 0.29) is 53.8 Å². The second kappa shape index (κ2) is 14.1. The number of ether oxygens (including phenoxy) is 1. The van der Waals surface area contributed by atoms with Gasteiger partial charge in [0, 0.05) is 24.9 Å². The molecule has 6 nitrogen and oxygen atoms in total. The number of pyridine rings is 2. The fourth-order valence-corrected chi connectivity index (χ4v) is 4.86. The first-order valence-corrected chi connectivity index (χ1v) is 11.5. The fourth-order valence-electron chi connectivity index (χ4n) is 4.86. The van der Waals surface area contributed by atoms with Crippen LogP contribution in [0.25, 0.3) is 33.8 Å². The van der Waals surface area contributed by atoms with Gasteiger partial charge in [-0.25, -0.2) is 9.97 Å². The molecule has 1 N–H and O–H groups in total. The van der Waals surface area contributed by atoms with Crippen LogP contribution in [0.3, 0.4) is 0 Å². The Morgan fingerprint density at radius 2 is 1.46 bits per heavy atom. The van der Waals surface area contributed by atoms with Crippen LogP contribution in [0.2, 0.25) is 0 Å². The summed E-state index contributed by atoms with van der Waals surface area (Å²) in [7, 11) is 0. The van der Waals surface area contributed by atoms with E-state index in [4.69, 9.17) is 14.7 Å². The standard InChI is InChI=1S/C27H25N5O.2CH3.2Ru/c1-3-11-29-22(5-1)26-27(23-6-2-4-12-30-23)32-24-14-19(8-10-21(24)31-26)16-28-17-33-25-15-18-7-9-20(25)13-18;;;;/h1-12,14,18,20,25,28H,13,15-17H2;2*1H3;;/q;2*-1;2*+1. The van der Waals surface area contributed by atoms with Crippen molar-refractivity contribution >= 4 is 11.0 Å². The summed E-state index contributed by atoms with van der Waals surface area (Å²) in [4.78, 5) is 18.9. The molecular weight excluding hydrogens is 636 g/mol. The predicted molar refractivity (Wildman–Crippen MR) is 141 cm³/mol. The van der Waals surface area contributed by atoms with Crippen molar-refractivity contribution < 1.29 is 43.7 Å². The molecule has 0 aliphatic heterocycles. The number of allylic oxidation sites excluding steroid dienone is 1. The summed E-state index contributed by atoms with van der Waals surface area (Å²) in [6.07, 6.45) is 11.0. The molecular formula is C29H31N5ORu2. The summed E-state index contributed by atoms with van der Waals surface area (Å²) >= 11 is 0. The largest absolute Gasteiger partial charge is 1.00 e. The van der Waals surface area contributed by atoms with E-state index in [9.17, 15) is 0 Å². The molecule has 194 valence electrons. The molecule has 1 aromatic carbocycles. The quantitative estimate of drug-likeness (QED) is 0.0900. The molecule has 2 aliphatic rings. The summed E-state index contributed by atoms with van der Waals surface area (Å²) < 4.78 is 6.08. The third-order valence-corrected chi connectivity index (χ3v) is 6.49. The Morgan fingerprint density at radius 3 is 2.03 bits per heavy atom. The third kappa shape index (κ3) is 6.80. The number of fused-ring (bicyclic) bond motifs is 3. The molecule has 2 bridgehead atoms. The zero-order valence-electron chi connectivity index (χ0n) is 21.0. The predicted octanol–water partition coefficient (Wildman–Crippen LogP) is 5.68. The van der Waals surface area contributed by atoms with Gasteiger partial charge in [-0.2, -0.15) is 0 Å². The summed E-state index contributed by atoms with van der Waals surface area (Å²) in [6, 6.07) is 17.8. The fraction of sp³-hybridized carbons (Fsp3) is 0.241. The molecule has 1 fully saturated rings. The van der Waals surface area contributed by atoms with Gasteiger partial charge in [-0.15, -0.1) is 0 Å². The third-order valence-electron chi connectivity index (χ3n) is 6.49. The SMILES string of the molecule is C1=CC2CC1CC2OCNCc1ccc2nc(-c3ccccn3)c(-c3ccccn3)nc2c1.[CH3-].[CH3-].[Ru+].[Ru+]. The van der Waals surface area contributed by atoms with Gasteiger partial charge < -0.3 is 19.6 Å². The summed E-state index contributed by atoms with van der Waals surface area (Å²) in [5.74, 6) is 1.33. The van der Waals surface area contributed by atoms with Crippen LogP contribution in [-0.4, -0.2) is 32.8 Å². The van der Waals surface area contributed by atoms with E-state index in [1.165, 1.54) is 6.42 Å². The zero-order valence-corrected chi connectivity index (χ0v) is 24.4. The normalized spacial score (nSPS) is 18.9. The van der Waals surface area contributed by atoms with Crippen LogP contribution in [0.1, 0.15) is 18.4 Å². The number of hydrogen-bond donors (Lipinski definition) is 1. The Balaban J connectivity index is 0.00000120. The smallest absolute Gasteiger partial charge is 0.362 e. The Bertz CT molecular complexity index is 1300. The van der Waals surface area contributed by atoms with Gasteiger partial charge in [0.2, 0.25) is 0 Å². The van der Waals surface area contributed by atoms with Crippen LogP contribution >= 0.6 is 0 Å². The molecule has 37 heavy (non-hydrogen) atoms. The van der Waals surface area contributed by atoms with Gasteiger partial charge in [-0.05, 0) is 60.7 Å². The van der Waals surface area contributed by atoms with Crippen molar-refractivity contribution in [3.05, 3.63) is 99.6 Å². The van der Waals surface area contributed by atoms with Gasteiger partial charge in [0.25, 0.3) is 0 Å². The first kappa shape index (κ1) is 31.0. The number of nitrogens with one attached hydrogen (secondary N) is 1. The van der Waals surface area contributed by atoms with Gasteiger partial charge in [-0.3, -0.25) is 15.3 Å². The molecule has 3 atom stereocenters. The molecule has 2 aliphatic carbocycles. The van der Waals surface area contributed by atoms with E-state index >= 15 is 0 Å². The topological polar surface area (TPSA) is 72.8 Å². The molecule has 6 rings (SSSR count). The average molecular weight is 668 g/mol. The van der Waals surface area contributed by atoms with Gasteiger partial charge in [0.1, 0.15) is 11.4 Å².